The Kier molecular flexibility index (Phi) is 7.27. The summed E-state index contributed by atoms with van der Waals surface area (Å²) in [4.78, 5) is 3.93. The second kappa shape index (κ2) is 10.3. The van der Waals surface area contributed by atoms with Gasteiger partial charge in [0, 0.05) is 30.3 Å². The van der Waals surface area contributed by atoms with Gasteiger partial charge in [-0.1, -0.05) is 92.2 Å². The lowest BCUT2D eigenvalue weighted by Gasteiger charge is -2.43. The summed E-state index contributed by atoms with van der Waals surface area (Å²) in [7, 11) is 0. The summed E-state index contributed by atoms with van der Waals surface area (Å²) in [6.45, 7) is 5.86. The summed E-state index contributed by atoms with van der Waals surface area (Å²) >= 11 is 1.94. The molecule has 3 aromatic rings. The largest absolute Gasteiger partial charge is 0.367 e. The van der Waals surface area contributed by atoms with Crippen LogP contribution in [0, 0.1) is 0 Å². The Balaban J connectivity index is 1.57. The molecule has 2 nitrogen and oxygen atoms in total. The van der Waals surface area contributed by atoms with Crippen LogP contribution in [0.4, 0.5) is 0 Å². The van der Waals surface area contributed by atoms with Crippen LogP contribution >= 0.6 is 11.8 Å². The molecule has 0 N–H and O–H groups in total. The van der Waals surface area contributed by atoms with E-state index in [9.17, 15) is 0 Å². The minimum Gasteiger partial charge on any atom is -0.367 e. The van der Waals surface area contributed by atoms with Crippen LogP contribution in [-0.2, 0) is 23.3 Å². The summed E-state index contributed by atoms with van der Waals surface area (Å²) in [5, 5.41) is 0. The fraction of sp³-hybridized carbons (Fsp3) is 0.333. The van der Waals surface area contributed by atoms with Gasteiger partial charge in [-0.15, -0.1) is 11.8 Å². The van der Waals surface area contributed by atoms with E-state index in [0.29, 0.717) is 0 Å². The van der Waals surface area contributed by atoms with Gasteiger partial charge in [0.05, 0.1) is 6.61 Å². The van der Waals surface area contributed by atoms with E-state index in [1.807, 2.05) is 11.8 Å². The van der Waals surface area contributed by atoms with E-state index in [2.05, 4.69) is 96.8 Å². The molecule has 1 saturated heterocycles. The van der Waals surface area contributed by atoms with Gasteiger partial charge in [-0.3, -0.25) is 4.90 Å². The Morgan fingerprint density at radius 3 is 2.37 bits per heavy atom. The SMILES string of the molecule is CCCc1ccccc1SC[C@]1(c2ccccc2)CN(Cc2ccccc2)CCO1. The summed E-state index contributed by atoms with van der Waals surface area (Å²) < 4.78 is 6.58. The van der Waals surface area contributed by atoms with E-state index in [4.69, 9.17) is 4.74 Å². The molecule has 0 amide bonds. The van der Waals surface area contributed by atoms with Gasteiger partial charge in [0.2, 0.25) is 0 Å². The van der Waals surface area contributed by atoms with Gasteiger partial charge >= 0.3 is 0 Å². The molecule has 3 heteroatoms. The van der Waals surface area contributed by atoms with Crippen LogP contribution in [0.1, 0.15) is 30.0 Å². The van der Waals surface area contributed by atoms with E-state index < -0.39 is 0 Å². The summed E-state index contributed by atoms with van der Waals surface area (Å²) in [5.74, 6) is 0.920. The molecule has 1 fully saturated rings. The summed E-state index contributed by atoms with van der Waals surface area (Å²) in [5.41, 5.74) is 3.80. The van der Waals surface area contributed by atoms with E-state index in [0.717, 1.165) is 38.4 Å². The fourth-order valence-electron chi connectivity index (χ4n) is 4.23. The maximum atomic E-state index is 6.58. The predicted octanol–water partition coefficient (Wildman–Crippen LogP) is 6.16. The van der Waals surface area contributed by atoms with Crippen molar-refractivity contribution in [1.82, 2.24) is 4.90 Å². The van der Waals surface area contributed by atoms with Crippen LogP contribution in [-0.4, -0.2) is 30.3 Å². The number of hydrogen-bond acceptors (Lipinski definition) is 3. The zero-order valence-corrected chi connectivity index (χ0v) is 18.6. The second-order valence-electron chi connectivity index (χ2n) is 8.05. The number of rotatable bonds is 8. The first kappa shape index (κ1) is 21.2. The smallest absolute Gasteiger partial charge is 0.115 e. The highest BCUT2D eigenvalue weighted by Crippen LogP contribution is 2.37. The van der Waals surface area contributed by atoms with Gasteiger partial charge in [0.15, 0.2) is 0 Å². The minimum absolute atomic E-state index is 0.293. The van der Waals surface area contributed by atoms with Crippen molar-refractivity contribution in [2.24, 2.45) is 0 Å². The van der Waals surface area contributed by atoms with E-state index in [1.165, 1.54) is 28.0 Å². The zero-order chi connectivity index (χ0) is 20.7. The van der Waals surface area contributed by atoms with Crippen molar-refractivity contribution in [3.63, 3.8) is 0 Å². The molecule has 0 saturated carbocycles. The second-order valence-corrected chi connectivity index (χ2v) is 9.07. The fourth-order valence-corrected chi connectivity index (χ4v) is 5.49. The van der Waals surface area contributed by atoms with Crippen molar-refractivity contribution in [3.8, 4) is 0 Å². The van der Waals surface area contributed by atoms with Crippen LogP contribution in [0.25, 0.3) is 0 Å². The van der Waals surface area contributed by atoms with Gasteiger partial charge in [-0.2, -0.15) is 0 Å². The zero-order valence-electron chi connectivity index (χ0n) is 17.8. The molecule has 4 rings (SSSR count). The number of thioether (sulfide) groups is 1. The average Bonchev–Trinajstić information content (AvgIpc) is 2.80. The monoisotopic (exact) mass is 417 g/mol. The first-order valence-corrected chi connectivity index (χ1v) is 11.9. The normalized spacial score (nSPS) is 19.6. The van der Waals surface area contributed by atoms with Crippen molar-refractivity contribution in [3.05, 3.63) is 102 Å². The number of benzene rings is 3. The molecule has 0 bridgehead atoms. The highest BCUT2D eigenvalue weighted by molar-refractivity contribution is 7.99. The maximum absolute atomic E-state index is 6.58. The van der Waals surface area contributed by atoms with Gasteiger partial charge < -0.3 is 4.74 Å². The molecule has 30 heavy (non-hydrogen) atoms. The van der Waals surface area contributed by atoms with Gasteiger partial charge in [-0.05, 0) is 29.2 Å². The number of morpholine rings is 1. The molecule has 0 aromatic heterocycles. The molecule has 1 heterocycles. The molecule has 156 valence electrons. The number of nitrogens with zero attached hydrogens (tertiary/aromatic N) is 1. The summed E-state index contributed by atoms with van der Waals surface area (Å²) in [6.07, 6.45) is 2.30. The number of hydrogen-bond donors (Lipinski definition) is 0. The third kappa shape index (κ3) is 5.15. The Morgan fingerprint density at radius 1 is 0.900 bits per heavy atom. The van der Waals surface area contributed by atoms with Crippen molar-refractivity contribution < 1.29 is 4.74 Å². The molecule has 0 radical (unpaired) electrons. The van der Waals surface area contributed by atoms with E-state index in [1.54, 1.807) is 0 Å². The van der Waals surface area contributed by atoms with Crippen LogP contribution in [0.15, 0.2) is 89.8 Å². The Hall–Kier alpha value is -2.07. The highest BCUT2D eigenvalue weighted by Gasteiger charge is 2.38. The average molecular weight is 418 g/mol. The molecule has 3 aromatic carbocycles. The summed E-state index contributed by atoms with van der Waals surface area (Å²) in [6, 6.07) is 30.4. The lowest BCUT2D eigenvalue weighted by Crippen LogP contribution is -2.51. The Morgan fingerprint density at radius 2 is 1.60 bits per heavy atom. The van der Waals surface area contributed by atoms with E-state index >= 15 is 0 Å². The molecule has 0 aliphatic carbocycles. The van der Waals surface area contributed by atoms with Crippen molar-refractivity contribution in [1.29, 1.82) is 0 Å². The predicted molar refractivity (Wildman–Crippen MR) is 127 cm³/mol. The first-order valence-electron chi connectivity index (χ1n) is 11.0. The van der Waals surface area contributed by atoms with Crippen LogP contribution in [0.2, 0.25) is 0 Å². The molecular formula is C27H31NOS. The standard InChI is InChI=1S/C27H31NOS/c1-2-11-24-14-9-10-17-26(24)30-22-27(25-15-7-4-8-16-25)21-28(18-19-29-27)20-23-12-5-3-6-13-23/h3-10,12-17H,2,11,18-22H2,1H3/t27-/m0/s1. The maximum Gasteiger partial charge on any atom is 0.115 e. The molecule has 1 aliphatic rings. The topological polar surface area (TPSA) is 12.5 Å². The minimum atomic E-state index is -0.293. The van der Waals surface area contributed by atoms with Crippen molar-refractivity contribution in [2.75, 3.05) is 25.4 Å². The lowest BCUT2D eigenvalue weighted by atomic mass is 9.93. The molecule has 1 aliphatic heterocycles. The molecular weight excluding hydrogens is 386 g/mol. The van der Waals surface area contributed by atoms with Crippen LogP contribution in [0.3, 0.4) is 0 Å². The number of ether oxygens (including phenoxy) is 1. The number of aryl methyl sites for hydroxylation is 1. The third-order valence-electron chi connectivity index (χ3n) is 5.77. The first-order chi connectivity index (χ1) is 14.8. The molecule has 0 spiro atoms. The van der Waals surface area contributed by atoms with Gasteiger partial charge in [0.25, 0.3) is 0 Å². The van der Waals surface area contributed by atoms with Crippen LogP contribution in [0.5, 0.6) is 0 Å². The van der Waals surface area contributed by atoms with Crippen LogP contribution < -0.4 is 0 Å². The molecule has 1 atom stereocenters. The van der Waals surface area contributed by atoms with Crippen molar-refractivity contribution in [2.45, 2.75) is 36.8 Å². The van der Waals surface area contributed by atoms with Gasteiger partial charge in [0.1, 0.15) is 5.60 Å². The van der Waals surface area contributed by atoms with Gasteiger partial charge in [-0.25, -0.2) is 0 Å². The lowest BCUT2D eigenvalue weighted by molar-refractivity contribution is -0.102. The Labute approximate surface area is 185 Å². The van der Waals surface area contributed by atoms with Crippen molar-refractivity contribution >= 4 is 11.8 Å². The molecule has 0 unspecified atom stereocenters. The van der Waals surface area contributed by atoms with E-state index in [-0.39, 0.29) is 5.60 Å². The third-order valence-corrected chi connectivity index (χ3v) is 7.09. The highest BCUT2D eigenvalue weighted by atomic mass is 32.2. The quantitative estimate of drug-likeness (QED) is 0.407. The Bertz CT molecular complexity index is 914.